The van der Waals surface area contributed by atoms with Gasteiger partial charge in [-0.15, -0.1) is 0 Å². The summed E-state index contributed by atoms with van der Waals surface area (Å²) in [7, 11) is 0. The Hall–Kier alpha value is -5.29. The number of nitrogens with zero attached hydrogens (tertiary/aromatic N) is 5. The fraction of sp³-hybridized carbons (Fsp3) is 0.548. The second-order valence-corrected chi connectivity index (χ2v) is 32.0. The summed E-state index contributed by atoms with van der Waals surface area (Å²) in [5.41, 5.74) is 16.3. The molecule has 0 N–H and O–H groups in total. The van der Waals surface area contributed by atoms with Crippen LogP contribution >= 0.6 is 0 Å². The molecule has 2 aromatic carbocycles. The van der Waals surface area contributed by atoms with Crippen molar-refractivity contribution in [2.75, 3.05) is 0 Å². The van der Waals surface area contributed by atoms with Crippen LogP contribution < -0.4 is 0 Å². The number of benzene rings is 2. The minimum atomic E-state index is 0.103. The first kappa shape index (κ1) is 67.0. The minimum absolute atomic E-state index is 0.103. The first-order valence-corrected chi connectivity index (χ1v) is 28.7. The molecule has 5 heterocycles. The second kappa shape index (κ2) is 24.6. The molecule has 0 aliphatic carbocycles. The van der Waals surface area contributed by atoms with E-state index < -0.39 is 0 Å². The van der Waals surface area contributed by atoms with Crippen LogP contribution in [0.3, 0.4) is 0 Å². The van der Waals surface area contributed by atoms with Gasteiger partial charge in [0.15, 0.2) is 0 Å². The molecule has 0 amide bonds. The van der Waals surface area contributed by atoms with Crippen LogP contribution in [0, 0.1) is 0 Å². The lowest BCUT2D eigenvalue weighted by molar-refractivity contribution is 0.531. The summed E-state index contributed by atoms with van der Waals surface area (Å²) in [6.45, 7) is 66.4. The van der Waals surface area contributed by atoms with Gasteiger partial charge in [0.25, 0.3) is 0 Å². The molecule has 5 aromatic heterocycles. The molecule has 0 bridgehead atoms. The van der Waals surface area contributed by atoms with Crippen LogP contribution in [0.4, 0.5) is 0 Å². The lowest BCUT2D eigenvalue weighted by Gasteiger charge is -2.23. The summed E-state index contributed by atoms with van der Waals surface area (Å²) in [4.78, 5) is 23.0. The van der Waals surface area contributed by atoms with Gasteiger partial charge < -0.3 is 0 Å². The molecule has 78 heavy (non-hydrogen) atoms. The molecule has 0 aliphatic rings. The lowest BCUT2D eigenvalue weighted by atomic mass is 9.82. The fourth-order valence-corrected chi connectivity index (χ4v) is 7.85. The van der Waals surface area contributed by atoms with E-state index in [2.05, 4.69) is 315 Å². The zero-order valence-corrected chi connectivity index (χ0v) is 55.2. The average Bonchev–Trinajstić information content (AvgIpc) is 3.29. The van der Waals surface area contributed by atoms with E-state index in [9.17, 15) is 0 Å². The Morgan fingerprint density at radius 1 is 0.244 bits per heavy atom. The molecule has 0 saturated heterocycles. The minimum Gasteiger partial charge on any atom is -0.264 e. The molecule has 5 heteroatoms. The average molecular weight is 1060 g/mol. The molecule has 426 valence electrons. The maximum atomic E-state index is 4.82. The molecule has 0 fully saturated rings. The van der Waals surface area contributed by atoms with Crippen LogP contribution in [0.15, 0.2) is 116 Å². The first-order chi connectivity index (χ1) is 35.0. The molecule has 0 aliphatic heterocycles. The normalized spacial score (nSPS) is 13.0. The summed E-state index contributed by atoms with van der Waals surface area (Å²) in [6.07, 6.45) is 5.85. The van der Waals surface area contributed by atoms with Crippen molar-refractivity contribution in [1.82, 2.24) is 24.9 Å². The largest absolute Gasteiger partial charge is 0.264 e. The van der Waals surface area contributed by atoms with E-state index in [0.717, 1.165) is 22.4 Å². The highest BCUT2D eigenvalue weighted by atomic mass is 14.8. The topological polar surface area (TPSA) is 64.5 Å². The van der Waals surface area contributed by atoms with Gasteiger partial charge in [-0.1, -0.05) is 250 Å². The highest BCUT2D eigenvalue weighted by Gasteiger charge is 2.24. The number of pyridine rings is 5. The standard InChI is InChI=1S/2C17H23N.3C13H21N/c1-16(2,3)13-8-9-14-12(11-13)7-10-15(18-14)17(4,5)6;1-16(2,3)13-9-7-12-8-10-15(17(4,5)6)18-14(12)11-13;1-12(2,3)10-7-11(9-14-8-10)13(4,5)6;1-12(2,3)10-7-8-14-11(9-10)13(4,5)6;1-12(2,3)10-8-7-9-11(14-10)13(4,5)6/h2*7-11H,1-6H3;3*7-9H,1-6H3. The summed E-state index contributed by atoms with van der Waals surface area (Å²) in [6, 6.07) is 34.8. The molecular weight excluding hydrogens is 947 g/mol. The van der Waals surface area contributed by atoms with Crippen molar-refractivity contribution in [3.8, 4) is 0 Å². The molecule has 0 radical (unpaired) electrons. The number of hydrogen-bond acceptors (Lipinski definition) is 5. The van der Waals surface area contributed by atoms with Gasteiger partial charge in [-0.3, -0.25) is 24.9 Å². The first-order valence-electron chi connectivity index (χ1n) is 28.7. The maximum Gasteiger partial charge on any atom is 0.0708 e. The van der Waals surface area contributed by atoms with Gasteiger partial charge in [0.2, 0.25) is 0 Å². The summed E-state index contributed by atoms with van der Waals surface area (Å²) < 4.78 is 0. The van der Waals surface area contributed by atoms with Crippen molar-refractivity contribution in [2.24, 2.45) is 0 Å². The van der Waals surface area contributed by atoms with Crippen molar-refractivity contribution in [3.63, 3.8) is 0 Å². The van der Waals surface area contributed by atoms with E-state index in [1.54, 1.807) is 0 Å². The Balaban J connectivity index is 0.000000258. The summed E-state index contributed by atoms with van der Waals surface area (Å²) in [5.74, 6) is 0. The third-order valence-electron chi connectivity index (χ3n) is 13.8. The number of fused-ring (bicyclic) bond motifs is 2. The van der Waals surface area contributed by atoms with Gasteiger partial charge in [-0.2, -0.15) is 0 Å². The van der Waals surface area contributed by atoms with Crippen molar-refractivity contribution in [1.29, 1.82) is 0 Å². The number of hydrogen-bond donors (Lipinski definition) is 0. The van der Waals surface area contributed by atoms with Crippen molar-refractivity contribution < 1.29 is 0 Å². The molecule has 0 unspecified atom stereocenters. The van der Waals surface area contributed by atoms with Crippen LogP contribution in [-0.4, -0.2) is 24.9 Å². The van der Waals surface area contributed by atoms with Gasteiger partial charge >= 0.3 is 0 Å². The fourth-order valence-electron chi connectivity index (χ4n) is 7.85. The molecule has 7 rings (SSSR count). The van der Waals surface area contributed by atoms with Crippen LogP contribution in [0.25, 0.3) is 21.8 Å². The number of rotatable bonds is 0. The van der Waals surface area contributed by atoms with Gasteiger partial charge in [-0.05, 0) is 109 Å². The van der Waals surface area contributed by atoms with E-state index in [1.165, 1.54) is 55.7 Å². The van der Waals surface area contributed by atoms with E-state index in [-0.39, 0.29) is 54.1 Å². The molecule has 0 saturated carbocycles. The van der Waals surface area contributed by atoms with Crippen LogP contribution in [0.1, 0.15) is 264 Å². The van der Waals surface area contributed by atoms with E-state index in [1.807, 2.05) is 18.6 Å². The smallest absolute Gasteiger partial charge is 0.0708 e. The van der Waals surface area contributed by atoms with Crippen LogP contribution in [0.2, 0.25) is 0 Å². The third kappa shape index (κ3) is 20.7. The second-order valence-electron chi connectivity index (χ2n) is 32.0. The van der Waals surface area contributed by atoms with Gasteiger partial charge in [0.05, 0.1) is 11.0 Å². The maximum absolute atomic E-state index is 4.82. The van der Waals surface area contributed by atoms with E-state index in [4.69, 9.17) is 15.0 Å². The summed E-state index contributed by atoms with van der Waals surface area (Å²) >= 11 is 0. The summed E-state index contributed by atoms with van der Waals surface area (Å²) in [5, 5.41) is 2.45. The van der Waals surface area contributed by atoms with Gasteiger partial charge in [0, 0.05) is 84.9 Å². The molecule has 0 spiro atoms. The highest BCUT2D eigenvalue weighted by Crippen LogP contribution is 2.32. The quantitative estimate of drug-likeness (QED) is 0.151. The van der Waals surface area contributed by atoms with Crippen LogP contribution in [-0.2, 0) is 54.1 Å². The Kier molecular flexibility index (Phi) is 21.1. The zero-order chi connectivity index (χ0) is 60.1. The molecule has 7 aromatic rings. The van der Waals surface area contributed by atoms with Crippen molar-refractivity contribution in [2.45, 2.75) is 262 Å². The molecule has 5 nitrogen and oxygen atoms in total. The monoisotopic (exact) mass is 1060 g/mol. The van der Waals surface area contributed by atoms with E-state index >= 15 is 0 Å². The van der Waals surface area contributed by atoms with Crippen molar-refractivity contribution >= 4 is 21.8 Å². The predicted octanol–water partition coefficient (Wildman–Crippen LogP) is 20.7. The SMILES string of the molecule is CC(C)(C)c1ccc2ccc(C(C)(C)C)nc2c1.CC(C)(C)c1ccc2nc(C(C)(C)C)ccc2c1.CC(C)(C)c1cccc(C(C)(C)C)n1.CC(C)(C)c1ccnc(C(C)(C)C)c1.CC(C)(C)c1cncc(C(C)(C)C)c1. The Bertz CT molecular complexity index is 2680. The van der Waals surface area contributed by atoms with Crippen LogP contribution in [0.5, 0.6) is 0 Å². The lowest BCUT2D eigenvalue weighted by Crippen LogP contribution is -2.19. The highest BCUT2D eigenvalue weighted by molar-refractivity contribution is 5.80. The van der Waals surface area contributed by atoms with E-state index in [0.29, 0.717) is 0 Å². The predicted molar refractivity (Wildman–Crippen MR) is 343 cm³/mol. The Labute approximate surface area is 478 Å². The zero-order valence-electron chi connectivity index (χ0n) is 55.2. The third-order valence-corrected chi connectivity index (χ3v) is 13.8. The number of aromatic nitrogens is 5. The molecule has 0 atom stereocenters. The molecular formula is C73H109N5. The van der Waals surface area contributed by atoms with Crippen molar-refractivity contribution in [3.05, 3.63) is 172 Å². The Morgan fingerprint density at radius 3 is 1.00 bits per heavy atom. The Morgan fingerprint density at radius 2 is 0.590 bits per heavy atom. The van der Waals surface area contributed by atoms with Gasteiger partial charge in [-0.25, -0.2) is 0 Å². The van der Waals surface area contributed by atoms with Gasteiger partial charge in [0.1, 0.15) is 0 Å².